The summed E-state index contributed by atoms with van der Waals surface area (Å²) in [7, 11) is 1.38. The second-order valence-electron chi connectivity index (χ2n) is 5.79. The molecule has 2 heterocycles. The van der Waals surface area contributed by atoms with Crippen LogP contribution in [0.15, 0.2) is 0 Å². The molecule has 0 aliphatic carbocycles. The minimum Gasteiger partial charge on any atom is -0.367 e. The van der Waals surface area contributed by atoms with Gasteiger partial charge in [0, 0.05) is 25.2 Å². The molecule has 0 radical (unpaired) electrons. The van der Waals surface area contributed by atoms with Crippen molar-refractivity contribution in [2.24, 2.45) is 0 Å². The van der Waals surface area contributed by atoms with Crippen molar-refractivity contribution in [3.8, 4) is 0 Å². The molecule has 2 bridgehead atoms. The van der Waals surface area contributed by atoms with Crippen molar-refractivity contribution in [1.29, 1.82) is 0 Å². The van der Waals surface area contributed by atoms with E-state index in [2.05, 4.69) is 5.32 Å². The standard InChI is InChI=1S/C14H15F5N2/c1-21(8-4-6-2-3-7(5-8)20-6)14-12(18)10(16)9(15)11(17)13(14)19/h6-8,20H,2-5H2,1H3. The van der Waals surface area contributed by atoms with Crippen LogP contribution in [-0.2, 0) is 0 Å². The third kappa shape index (κ3) is 2.27. The highest BCUT2D eigenvalue weighted by atomic mass is 19.2. The second-order valence-corrected chi connectivity index (χ2v) is 5.79. The monoisotopic (exact) mass is 306 g/mol. The highest BCUT2D eigenvalue weighted by molar-refractivity contribution is 5.51. The summed E-state index contributed by atoms with van der Waals surface area (Å²) >= 11 is 0. The summed E-state index contributed by atoms with van der Waals surface area (Å²) in [4.78, 5) is 1.20. The van der Waals surface area contributed by atoms with Crippen molar-refractivity contribution in [1.82, 2.24) is 5.32 Å². The first-order valence-corrected chi connectivity index (χ1v) is 6.90. The summed E-state index contributed by atoms with van der Waals surface area (Å²) in [5.41, 5.74) is -0.835. The summed E-state index contributed by atoms with van der Waals surface area (Å²) in [5.74, 6) is -9.44. The molecule has 0 amide bonds. The first-order valence-electron chi connectivity index (χ1n) is 6.90. The van der Waals surface area contributed by atoms with Crippen LogP contribution < -0.4 is 10.2 Å². The molecule has 1 aromatic rings. The van der Waals surface area contributed by atoms with E-state index >= 15 is 0 Å². The lowest BCUT2D eigenvalue weighted by Gasteiger charge is -2.37. The van der Waals surface area contributed by atoms with Crippen LogP contribution in [0.5, 0.6) is 0 Å². The molecule has 2 fully saturated rings. The van der Waals surface area contributed by atoms with Gasteiger partial charge in [-0.2, -0.15) is 0 Å². The van der Waals surface area contributed by atoms with E-state index in [0.717, 1.165) is 12.8 Å². The molecule has 0 aromatic heterocycles. The zero-order chi connectivity index (χ0) is 15.3. The Labute approximate surface area is 118 Å². The fourth-order valence-corrected chi connectivity index (χ4v) is 3.43. The zero-order valence-corrected chi connectivity index (χ0v) is 11.4. The van der Waals surface area contributed by atoms with E-state index in [1.165, 1.54) is 11.9 Å². The SMILES string of the molecule is CN(c1c(F)c(F)c(F)c(F)c1F)C1CC2CCC(C1)N2. The lowest BCUT2D eigenvalue weighted by atomic mass is 9.98. The highest BCUT2D eigenvalue weighted by Gasteiger charge is 2.37. The number of rotatable bonds is 2. The lowest BCUT2D eigenvalue weighted by Crippen LogP contribution is -2.47. The molecule has 0 spiro atoms. The van der Waals surface area contributed by atoms with Crippen molar-refractivity contribution in [3.63, 3.8) is 0 Å². The van der Waals surface area contributed by atoms with Gasteiger partial charge in [0.1, 0.15) is 5.69 Å². The van der Waals surface area contributed by atoms with Gasteiger partial charge in [0.25, 0.3) is 0 Å². The zero-order valence-electron chi connectivity index (χ0n) is 11.4. The largest absolute Gasteiger partial charge is 0.367 e. The van der Waals surface area contributed by atoms with E-state index < -0.39 is 34.8 Å². The maximum absolute atomic E-state index is 13.8. The number of hydrogen-bond acceptors (Lipinski definition) is 2. The van der Waals surface area contributed by atoms with Gasteiger partial charge in [-0.3, -0.25) is 0 Å². The molecule has 116 valence electrons. The van der Waals surface area contributed by atoms with Gasteiger partial charge in [-0.25, -0.2) is 22.0 Å². The van der Waals surface area contributed by atoms with Crippen LogP contribution in [0.1, 0.15) is 25.7 Å². The van der Waals surface area contributed by atoms with Crippen LogP contribution in [0.2, 0.25) is 0 Å². The number of piperidine rings is 1. The Kier molecular flexibility index (Phi) is 3.55. The number of nitrogens with zero attached hydrogens (tertiary/aromatic N) is 1. The van der Waals surface area contributed by atoms with Gasteiger partial charge in [-0.1, -0.05) is 0 Å². The molecular formula is C14H15F5N2. The Bertz CT molecular complexity index is 536. The molecule has 1 N–H and O–H groups in total. The van der Waals surface area contributed by atoms with Gasteiger partial charge >= 0.3 is 0 Å². The Balaban J connectivity index is 1.96. The molecule has 2 unspecified atom stereocenters. The molecule has 3 rings (SSSR count). The van der Waals surface area contributed by atoms with Crippen LogP contribution in [0.3, 0.4) is 0 Å². The van der Waals surface area contributed by atoms with Crippen LogP contribution in [0.25, 0.3) is 0 Å². The lowest BCUT2D eigenvalue weighted by molar-refractivity contribution is 0.342. The van der Waals surface area contributed by atoms with Gasteiger partial charge in [-0.05, 0) is 25.7 Å². The predicted molar refractivity (Wildman–Crippen MR) is 67.6 cm³/mol. The smallest absolute Gasteiger partial charge is 0.200 e. The van der Waals surface area contributed by atoms with Crippen LogP contribution in [-0.4, -0.2) is 25.2 Å². The average molecular weight is 306 g/mol. The normalized spacial score (nSPS) is 28.0. The second kappa shape index (κ2) is 5.12. The van der Waals surface area contributed by atoms with Gasteiger partial charge < -0.3 is 10.2 Å². The third-order valence-electron chi connectivity index (χ3n) is 4.54. The third-order valence-corrected chi connectivity index (χ3v) is 4.54. The van der Waals surface area contributed by atoms with Gasteiger partial charge in [0.05, 0.1) is 0 Å². The fourth-order valence-electron chi connectivity index (χ4n) is 3.43. The summed E-state index contributed by atoms with van der Waals surface area (Å²) < 4.78 is 67.4. The molecule has 2 atom stereocenters. The highest BCUT2D eigenvalue weighted by Crippen LogP contribution is 2.35. The average Bonchev–Trinajstić information content (AvgIpc) is 2.81. The van der Waals surface area contributed by atoms with Crippen molar-refractivity contribution < 1.29 is 22.0 Å². The summed E-state index contributed by atoms with van der Waals surface area (Å²) in [6.45, 7) is 0. The predicted octanol–water partition coefficient (Wildman–Crippen LogP) is 3.10. The molecular weight excluding hydrogens is 291 g/mol. The molecule has 1 aromatic carbocycles. The quantitative estimate of drug-likeness (QED) is 0.513. The number of halogens is 5. The minimum absolute atomic E-state index is 0.239. The van der Waals surface area contributed by atoms with E-state index in [1.54, 1.807) is 0 Å². The Morgan fingerprint density at radius 2 is 1.24 bits per heavy atom. The molecule has 0 saturated carbocycles. The van der Waals surface area contributed by atoms with E-state index in [-0.39, 0.29) is 18.1 Å². The maximum atomic E-state index is 13.8. The van der Waals surface area contributed by atoms with Crippen LogP contribution in [0, 0.1) is 29.1 Å². The number of fused-ring (bicyclic) bond motifs is 2. The van der Waals surface area contributed by atoms with Crippen molar-refractivity contribution in [2.75, 3.05) is 11.9 Å². The minimum atomic E-state index is -2.12. The number of benzene rings is 1. The van der Waals surface area contributed by atoms with E-state index in [0.29, 0.717) is 12.8 Å². The molecule has 21 heavy (non-hydrogen) atoms. The van der Waals surface area contributed by atoms with Crippen molar-refractivity contribution in [3.05, 3.63) is 29.1 Å². The molecule has 2 nitrogen and oxygen atoms in total. The molecule has 2 aliphatic heterocycles. The van der Waals surface area contributed by atoms with Crippen LogP contribution in [0.4, 0.5) is 27.6 Å². The fraction of sp³-hybridized carbons (Fsp3) is 0.571. The number of anilines is 1. The first-order chi connectivity index (χ1) is 9.90. The van der Waals surface area contributed by atoms with E-state index in [9.17, 15) is 22.0 Å². The molecule has 7 heteroatoms. The maximum Gasteiger partial charge on any atom is 0.200 e. The van der Waals surface area contributed by atoms with Gasteiger partial charge in [-0.15, -0.1) is 0 Å². The number of nitrogens with one attached hydrogen (secondary N) is 1. The Morgan fingerprint density at radius 3 is 1.71 bits per heavy atom. The summed E-state index contributed by atoms with van der Waals surface area (Å²) in [5, 5.41) is 3.37. The van der Waals surface area contributed by atoms with E-state index in [4.69, 9.17) is 0 Å². The summed E-state index contributed by atoms with van der Waals surface area (Å²) in [6.07, 6.45) is 3.22. The van der Waals surface area contributed by atoms with Crippen molar-refractivity contribution in [2.45, 2.75) is 43.8 Å². The molecule has 2 saturated heterocycles. The Hall–Kier alpha value is -1.37. The Morgan fingerprint density at radius 1 is 0.810 bits per heavy atom. The topological polar surface area (TPSA) is 15.3 Å². The van der Waals surface area contributed by atoms with E-state index in [1.807, 2.05) is 0 Å². The molecule has 2 aliphatic rings. The first kappa shape index (κ1) is 14.6. The van der Waals surface area contributed by atoms with Crippen molar-refractivity contribution >= 4 is 5.69 Å². The van der Waals surface area contributed by atoms with Gasteiger partial charge in [0.15, 0.2) is 23.3 Å². The number of hydrogen-bond donors (Lipinski definition) is 1. The van der Waals surface area contributed by atoms with Gasteiger partial charge in [0.2, 0.25) is 5.82 Å². The summed E-state index contributed by atoms with van der Waals surface area (Å²) in [6, 6.07) is 0.256. The van der Waals surface area contributed by atoms with Crippen LogP contribution >= 0.6 is 0 Å².